The van der Waals surface area contributed by atoms with Crippen molar-refractivity contribution in [3.8, 4) is 0 Å². The number of nitrogens with zero attached hydrogens (tertiary/aromatic N) is 1. The van der Waals surface area contributed by atoms with E-state index in [1.165, 1.54) is 6.92 Å². The largest absolute Gasteiger partial charge is 0.421 e. The van der Waals surface area contributed by atoms with E-state index in [9.17, 15) is 9.59 Å². The van der Waals surface area contributed by atoms with Crippen molar-refractivity contribution in [1.29, 1.82) is 0 Å². The zero-order valence-electron chi connectivity index (χ0n) is 10.4. The van der Waals surface area contributed by atoms with Crippen molar-refractivity contribution < 1.29 is 23.9 Å². The lowest BCUT2D eigenvalue weighted by Gasteiger charge is -2.13. The molecule has 0 aromatic heterocycles. The summed E-state index contributed by atoms with van der Waals surface area (Å²) in [4.78, 5) is 28.1. The summed E-state index contributed by atoms with van der Waals surface area (Å²) < 4.78 is 10.8. The van der Waals surface area contributed by atoms with E-state index in [1.807, 2.05) is 24.3 Å². The van der Waals surface area contributed by atoms with Gasteiger partial charge in [0.2, 0.25) is 6.10 Å². The van der Waals surface area contributed by atoms with Crippen LogP contribution in [0.4, 0.5) is 0 Å². The highest BCUT2D eigenvalue weighted by atomic mass is 79.9. The molecule has 3 rings (SSSR count). The predicted molar refractivity (Wildman–Crippen MR) is 70.7 cm³/mol. The van der Waals surface area contributed by atoms with Gasteiger partial charge in [0, 0.05) is 17.0 Å². The minimum atomic E-state index is -1.04. The van der Waals surface area contributed by atoms with Crippen LogP contribution in [0.5, 0.6) is 0 Å². The third-order valence-electron chi connectivity index (χ3n) is 3.05. The summed E-state index contributed by atoms with van der Waals surface area (Å²) >= 11 is 3.36. The summed E-state index contributed by atoms with van der Waals surface area (Å²) in [5.74, 6) is -1.71. The molecule has 0 bridgehead atoms. The van der Waals surface area contributed by atoms with Crippen molar-refractivity contribution in [2.75, 3.05) is 0 Å². The van der Waals surface area contributed by atoms with Gasteiger partial charge in [-0.15, -0.1) is 0 Å². The van der Waals surface area contributed by atoms with Gasteiger partial charge in [-0.1, -0.05) is 33.2 Å². The lowest BCUT2D eigenvalue weighted by molar-refractivity contribution is -0.188. The maximum Gasteiger partial charge on any atom is 0.322 e. The summed E-state index contributed by atoms with van der Waals surface area (Å²) in [5.41, 5.74) is 1.24. The molecule has 104 valence electrons. The quantitative estimate of drug-likeness (QED) is 0.765. The molecule has 7 heteroatoms. The highest BCUT2D eigenvalue weighted by Gasteiger charge is 2.55. The molecule has 6 nitrogen and oxygen atoms in total. The van der Waals surface area contributed by atoms with Gasteiger partial charge in [-0.3, -0.25) is 9.59 Å². The molecule has 1 fully saturated rings. The lowest BCUT2D eigenvalue weighted by Crippen LogP contribution is -2.31. The minimum absolute atomic E-state index is 0.482. The summed E-state index contributed by atoms with van der Waals surface area (Å²) in [7, 11) is 0. The van der Waals surface area contributed by atoms with Crippen LogP contribution in [0.2, 0.25) is 0 Å². The van der Waals surface area contributed by atoms with Crippen LogP contribution in [0.1, 0.15) is 12.5 Å². The molecule has 0 saturated carbocycles. The molecule has 0 N–H and O–H groups in total. The van der Waals surface area contributed by atoms with Crippen molar-refractivity contribution in [3.63, 3.8) is 0 Å². The molecule has 0 aliphatic carbocycles. The van der Waals surface area contributed by atoms with Gasteiger partial charge < -0.3 is 14.3 Å². The second-order valence-corrected chi connectivity index (χ2v) is 5.36. The van der Waals surface area contributed by atoms with E-state index in [4.69, 9.17) is 14.3 Å². The van der Waals surface area contributed by atoms with Gasteiger partial charge in [0.05, 0.1) is 0 Å². The van der Waals surface area contributed by atoms with Gasteiger partial charge in [0.15, 0.2) is 0 Å². The Hall–Kier alpha value is -1.89. The van der Waals surface area contributed by atoms with Crippen LogP contribution in [0.25, 0.3) is 0 Å². The first-order valence-corrected chi connectivity index (χ1v) is 6.73. The number of carbonyl (C=O) groups excluding carboxylic acids is 2. The van der Waals surface area contributed by atoms with Gasteiger partial charge in [0.25, 0.3) is 6.29 Å². The predicted octanol–water partition coefficient (Wildman–Crippen LogP) is 1.61. The van der Waals surface area contributed by atoms with Crippen LogP contribution >= 0.6 is 15.9 Å². The van der Waals surface area contributed by atoms with Gasteiger partial charge in [-0.2, -0.15) is 0 Å². The maximum atomic E-state index is 11.9. The van der Waals surface area contributed by atoms with Crippen LogP contribution in [-0.2, 0) is 23.9 Å². The number of oxime groups is 1. The van der Waals surface area contributed by atoms with Crippen LogP contribution in [-0.4, -0.2) is 30.0 Å². The first-order chi connectivity index (χ1) is 9.56. The van der Waals surface area contributed by atoms with Crippen molar-refractivity contribution in [3.05, 3.63) is 34.3 Å². The average Bonchev–Trinajstić information content (AvgIpc) is 2.92. The Balaban J connectivity index is 1.87. The van der Waals surface area contributed by atoms with E-state index >= 15 is 0 Å². The highest BCUT2D eigenvalue weighted by molar-refractivity contribution is 9.10. The third kappa shape index (κ3) is 2.18. The smallest absolute Gasteiger partial charge is 0.322 e. The van der Waals surface area contributed by atoms with Gasteiger partial charge in [0.1, 0.15) is 11.6 Å². The van der Waals surface area contributed by atoms with Crippen LogP contribution < -0.4 is 0 Å². The van der Waals surface area contributed by atoms with Crippen LogP contribution in [0.3, 0.4) is 0 Å². The van der Waals surface area contributed by atoms with E-state index < -0.39 is 30.3 Å². The van der Waals surface area contributed by atoms with Crippen LogP contribution in [0.15, 0.2) is 33.9 Å². The fourth-order valence-corrected chi connectivity index (χ4v) is 2.63. The minimum Gasteiger partial charge on any atom is -0.421 e. The Bertz CT molecular complexity index is 615. The molecule has 0 spiro atoms. The number of rotatable bonds is 2. The summed E-state index contributed by atoms with van der Waals surface area (Å²) in [6.45, 7) is 1.24. The number of esters is 2. The van der Waals surface area contributed by atoms with Crippen molar-refractivity contribution in [2.24, 2.45) is 11.1 Å². The Labute approximate surface area is 122 Å². The average molecular weight is 340 g/mol. The van der Waals surface area contributed by atoms with Crippen LogP contribution in [0, 0.1) is 5.92 Å². The second-order valence-electron chi connectivity index (χ2n) is 4.45. The number of cyclic esters (lactones) is 1. The van der Waals surface area contributed by atoms with Gasteiger partial charge in [-0.05, 0) is 12.1 Å². The Morgan fingerprint density at radius 3 is 2.95 bits per heavy atom. The fraction of sp³-hybridized carbons (Fsp3) is 0.308. The maximum absolute atomic E-state index is 11.9. The van der Waals surface area contributed by atoms with E-state index in [-0.39, 0.29) is 0 Å². The number of carbonyl (C=O) groups is 2. The van der Waals surface area contributed by atoms with Crippen molar-refractivity contribution in [2.45, 2.75) is 19.3 Å². The van der Waals surface area contributed by atoms with Gasteiger partial charge >= 0.3 is 11.9 Å². The summed E-state index contributed by atoms with van der Waals surface area (Å²) in [6, 6.07) is 7.35. The molecule has 0 radical (unpaired) electrons. The monoisotopic (exact) mass is 339 g/mol. The number of hydrogen-bond acceptors (Lipinski definition) is 6. The molecule has 20 heavy (non-hydrogen) atoms. The molecule has 1 aromatic rings. The summed E-state index contributed by atoms with van der Waals surface area (Å²) in [5, 5.41) is 3.94. The SMILES string of the molecule is CC(=O)OC1OC(=O)C2C(c3cccc(Br)c3)=NOC12. The standard InChI is InChI=1S/C13H10BrNO5/c1-6(16)18-13-11-9(12(17)19-13)10(15-20-11)7-3-2-4-8(14)5-7/h2-5,9,11,13H,1H3. The molecular formula is C13H10BrNO5. The molecule has 2 heterocycles. The normalized spacial score (nSPS) is 27.4. The number of halogens is 1. The third-order valence-corrected chi connectivity index (χ3v) is 3.55. The zero-order chi connectivity index (χ0) is 14.3. The molecule has 3 atom stereocenters. The molecule has 3 unspecified atom stereocenters. The van der Waals surface area contributed by atoms with E-state index in [0.29, 0.717) is 5.71 Å². The molecular weight excluding hydrogens is 330 g/mol. The van der Waals surface area contributed by atoms with Gasteiger partial charge in [-0.25, -0.2) is 0 Å². The number of benzene rings is 1. The summed E-state index contributed by atoms with van der Waals surface area (Å²) in [6.07, 6.45) is -1.77. The zero-order valence-corrected chi connectivity index (χ0v) is 12.0. The number of fused-ring (bicyclic) bond motifs is 1. The molecule has 2 aliphatic rings. The van der Waals surface area contributed by atoms with Crippen molar-refractivity contribution >= 4 is 33.6 Å². The topological polar surface area (TPSA) is 74.2 Å². The van der Waals surface area contributed by atoms with Crippen molar-refractivity contribution in [1.82, 2.24) is 0 Å². The fourth-order valence-electron chi connectivity index (χ4n) is 2.23. The first-order valence-electron chi connectivity index (χ1n) is 5.93. The first kappa shape index (κ1) is 13.1. The molecule has 2 aliphatic heterocycles. The Morgan fingerprint density at radius 2 is 2.25 bits per heavy atom. The lowest BCUT2D eigenvalue weighted by atomic mass is 9.94. The Kier molecular flexibility index (Phi) is 3.21. The highest BCUT2D eigenvalue weighted by Crippen LogP contribution is 2.34. The Morgan fingerprint density at radius 1 is 1.45 bits per heavy atom. The number of hydrogen-bond donors (Lipinski definition) is 0. The van der Waals surface area contributed by atoms with E-state index in [2.05, 4.69) is 21.1 Å². The molecule has 1 saturated heterocycles. The van der Waals surface area contributed by atoms with E-state index in [0.717, 1.165) is 10.0 Å². The molecule has 1 aromatic carbocycles. The second kappa shape index (κ2) is 4.90. The number of ether oxygens (including phenoxy) is 2. The van der Waals surface area contributed by atoms with E-state index in [1.54, 1.807) is 0 Å². The molecule has 0 amide bonds.